The van der Waals surface area contributed by atoms with E-state index in [2.05, 4.69) is 0 Å². The van der Waals surface area contributed by atoms with E-state index in [0.29, 0.717) is 25.9 Å². The molecule has 0 unspecified atom stereocenters. The van der Waals surface area contributed by atoms with E-state index in [1.807, 2.05) is 6.92 Å². The Labute approximate surface area is 206 Å². The largest absolute Gasteiger partial charge is 0.340 e. The third-order valence-electron chi connectivity index (χ3n) is 6.70. The lowest BCUT2D eigenvalue weighted by atomic mass is 9.96. The fraction of sp³-hybridized carbons (Fsp3) is 0.458. The predicted octanol–water partition coefficient (Wildman–Crippen LogP) is 2.21. The molecule has 0 aromatic heterocycles. The Bertz CT molecular complexity index is 1270. The van der Waals surface area contributed by atoms with Crippen LogP contribution in [0.1, 0.15) is 24.0 Å². The van der Waals surface area contributed by atoms with Gasteiger partial charge in [-0.25, -0.2) is 25.5 Å². The quantitative estimate of drug-likeness (QED) is 0.579. The van der Waals surface area contributed by atoms with Crippen LogP contribution in [0.3, 0.4) is 0 Å². The number of carbonyl (C=O) groups excluding carboxylic acids is 1. The van der Waals surface area contributed by atoms with Gasteiger partial charge in [0.1, 0.15) is 5.82 Å². The number of rotatable bonds is 6. The number of hydrogen-bond donors (Lipinski definition) is 0. The average Bonchev–Trinajstić information content (AvgIpc) is 2.85. The highest BCUT2D eigenvalue weighted by molar-refractivity contribution is 7.89. The van der Waals surface area contributed by atoms with Crippen LogP contribution in [0.15, 0.2) is 53.4 Å². The van der Waals surface area contributed by atoms with Crippen molar-refractivity contribution < 1.29 is 26.0 Å². The molecule has 2 aliphatic heterocycles. The van der Waals surface area contributed by atoms with Gasteiger partial charge in [0.25, 0.3) is 0 Å². The number of piperidine rings is 1. The molecule has 2 aliphatic rings. The first-order valence-electron chi connectivity index (χ1n) is 11.6. The smallest absolute Gasteiger partial charge is 0.243 e. The van der Waals surface area contributed by atoms with Crippen molar-refractivity contribution in [2.45, 2.75) is 30.4 Å². The third kappa shape index (κ3) is 5.74. The fourth-order valence-electron chi connectivity index (χ4n) is 4.55. The SMILES string of the molecule is Cc1ccc(S(=O)(=O)N2CCN(C(=O)C3CCN(S(=O)(=O)Cc4ccccc4F)CC3)CC2)cc1. The molecule has 4 rings (SSSR count). The third-order valence-corrected chi connectivity index (χ3v) is 10.4. The number of amides is 1. The Kier molecular flexibility index (Phi) is 7.60. The molecule has 190 valence electrons. The van der Waals surface area contributed by atoms with Crippen molar-refractivity contribution in [3.63, 3.8) is 0 Å². The first-order valence-corrected chi connectivity index (χ1v) is 14.7. The van der Waals surface area contributed by atoms with Gasteiger partial charge >= 0.3 is 0 Å². The Morgan fingerprint density at radius 2 is 1.46 bits per heavy atom. The van der Waals surface area contributed by atoms with Gasteiger partial charge in [-0.3, -0.25) is 4.79 Å². The summed E-state index contributed by atoms with van der Waals surface area (Å²) in [5.41, 5.74) is 1.11. The second kappa shape index (κ2) is 10.3. The molecule has 0 radical (unpaired) electrons. The molecule has 2 heterocycles. The van der Waals surface area contributed by atoms with Crippen LogP contribution in [0.2, 0.25) is 0 Å². The molecular weight excluding hydrogens is 493 g/mol. The summed E-state index contributed by atoms with van der Waals surface area (Å²) in [6.45, 7) is 3.34. The van der Waals surface area contributed by atoms with E-state index in [4.69, 9.17) is 0 Å². The molecule has 0 N–H and O–H groups in total. The molecule has 8 nitrogen and oxygen atoms in total. The number of halogens is 1. The number of carbonyl (C=O) groups is 1. The van der Waals surface area contributed by atoms with Crippen LogP contribution in [-0.2, 0) is 30.6 Å². The molecule has 2 saturated heterocycles. The Hall–Kier alpha value is -2.34. The summed E-state index contributed by atoms with van der Waals surface area (Å²) in [7, 11) is -7.30. The molecule has 0 spiro atoms. The maximum Gasteiger partial charge on any atom is 0.243 e. The van der Waals surface area contributed by atoms with Gasteiger partial charge < -0.3 is 4.90 Å². The first-order chi connectivity index (χ1) is 16.6. The number of sulfonamides is 2. The standard InChI is InChI=1S/C24H30FN3O5S2/c1-19-6-8-22(9-7-19)35(32,33)28-16-14-26(15-17-28)24(29)20-10-12-27(13-11-20)34(30,31)18-21-4-2-3-5-23(21)25/h2-9,20H,10-18H2,1H3. The number of aryl methyl sites for hydroxylation is 1. The molecule has 2 fully saturated rings. The average molecular weight is 524 g/mol. The lowest BCUT2D eigenvalue weighted by Crippen LogP contribution is -2.53. The molecule has 0 atom stereocenters. The summed E-state index contributed by atoms with van der Waals surface area (Å²) < 4.78 is 67.9. The fourth-order valence-corrected chi connectivity index (χ4v) is 7.55. The van der Waals surface area contributed by atoms with Crippen molar-refractivity contribution in [3.05, 3.63) is 65.5 Å². The second-order valence-electron chi connectivity index (χ2n) is 9.06. The Morgan fingerprint density at radius 3 is 2.06 bits per heavy atom. The van der Waals surface area contributed by atoms with Crippen molar-refractivity contribution in [1.82, 2.24) is 13.5 Å². The normalized spacial score (nSPS) is 19.1. The van der Waals surface area contributed by atoms with Crippen LogP contribution < -0.4 is 0 Å². The van der Waals surface area contributed by atoms with E-state index < -0.39 is 31.6 Å². The van der Waals surface area contributed by atoms with E-state index >= 15 is 0 Å². The molecule has 11 heteroatoms. The van der Waals surface area contributed by atoms with E-state index in [9.17, 15) is 26.0 Å². The highest BCUT2D eigenvalue weighted by atomic mass is 32.2. The number of hydrogen-bond acceptors (Lipinski definition) is 5. The van der Waals surface area contributed by atoms with Crippen LogP contribution >= 0.6 is 0 Å². The molecule has 0 saturated carbocycles. The molecule has 0 bridgehead atoms. The van der Waals surface area contributed by atoms with E-state index in [0.717, 1.165) is 5.56 Å². The van der Waals surface area contributed by atoms with Gasteiger partial charge in [-0.15, -0.1) is 0 Å². The van der Waals surface area contributed by atoms with Crippen LogP contribution in [0, 0.1) is 18.7 Å². The van der Waals surface area contributed by atoms with Crippen molar-refractivity contribution in [3.8, 4) is 0 Å². The molecule has 35 heavy (non-hydrogen) atoms. The summed E-state index contributed by atoms with van der Waals surface area (Å²) in [6, 6.07) is 12.5. The second-order valence-corrected chi connectivity index (χ2v) is 13.0. The molecule has 2 aromatic carbocycles. The number of benzene rings is 2. The minimum absolute atomic E-state index is 0.0662. The molecular formula is C24H30FN3O5S2. The summed E-state index contributed by atoms with van der Waals surface area (Å²) in [6.07, 6.45) is 0.772. The maximum atomic E-state index is 13.9. The molecule has 1 amide bonds. The van der Waals surface area contributed by atoms with E-state index in [-0.39, 0.29) is 48.5 Å². The highest BCUT2D eigenvalue weighted by Gasteiger charge is 2.36. The number of piperazine rings is 1. The zero-order valence-electron chi connectivity index (χ0n) is 19.6. The van der Waals surface area contributed by atoms with Gasteiger partial charge in [0, 0.05) is 50.7 Å². The topological polar surface area (TPSA) is 95.1 Å². The lowest BCUT2D eigenvalue weighted by Gasteiger charge is -2.38. The van der Waals surface area contributed by atoms with Crippen molar-refractivity contribution >= 4 is 26.0 Å². The van der Waals surface area contributed by atoms with Crippen LogP contribution in [-0.4, -0.2) is 75.5 Å². The molecule has 2 aromatic rings. The van der Waals surface area contributed by atoms with Gasteiger partial charge in [0.05, 0.1) is 10.6 Å². The minimum Gasteiger partial charge on any atom is -0.340 e. The number of nitrogens with zero attached hydrogens (tertiary/aromatic N) is 3. The predicted molar refractivity (Wildman–Crippen MR) is 130 cm³/mol. The van der Waals surface area contributed by atoms with Crippen molar-refractivity contribution in [1.29, 1.82) is 0 Å². The summed E-state index contributed by atoms with van der Waals surface area (Å²) in [4.78, 5) is 15.0. The minimum atomic E-state index is -3.69. The van der Waals surface area contributed by atoms with E-state index in [1.165, 1.54) is 26.8 Å². The van der Waals surface area contributed by atoms with Crippen LogP contribution in [0.4, 0.5) is 4.39 Å². The Balaban J connectivity index is 1.30. The Morgan fingerprint density at radius 1 is 0.857 bits per heavy atom. The van der Waals surface area contributed by atoms with Gasteiger partial charge in [-0.05, 0) is 38.0 Å². The molecule has 0 aliphatic carbocycles. The monoisotopic (exact) mass is 523 g/mol. The van der Waals surface area contributed by atoms with Crippen LogP contribution in [0.25, 0.3) is 0 Å². The van der Waals surface area contributed by atoms with Crippen molar-refractivity contribution in [2.24, 2.45) is 5.92 Å². The summed E-state index contributed by atoms with van der Waals surface area (Å²) in [5.74, 6) is -1.33. The van der Waals surface area contributed by atoms with Crippen LogP contribution in [0.5, 0.6) is 0 Å². The van der Waals surface area contributed by atoms with Gasteiger partial charge in [-0.1, -0.05) is 35.9 Å². The highest BCUT2D eigenvalue weighted by Crippen LogP contribution is 2.25. The van der Waals surface area contributed by atoms with Gasteiger partial charge in [-0.2, -0.15) is 4.31 Å². The van der Waals surface area contributed by atoms with E-state index in [1.54, 1.807) is 35.2 Å². The maximum absolute atomic E-state index is 13.9. The van der Waals surface area contributed by atoms with Crippen molar-refractivity contribution in [2.75, 3.05) is 39.3 Å². The summed E-state index contributed by atoms with van der Waals surface area (Å²) in [5, 5.41) is 0. The first kappa shape index (κ1) is 25.7. The summed E-state index contributed by atoms with van der Waals surface area (Å²) >= 11 is 0. The zero-order chi connectivity index (χ0) is 25.2. The lowest BCUT2D eigenvalue weighted by molar-refractivity contribution is -0.137. The zero-order valence-corrected chi connectivity index (χ0v) is 21.3. The van der Waals surface area contributed by atoms with Gasteiger partial charge in [0.15, 0.2) is 0 Å². The van der Waals surface area contributed by atoms with Gasteiger partial charge in [0.2, 0.25) is 26.0 Å².